The van der Waals surface area contributed by atoms with Crippen molar-refractivity contribution in [2.75, 3.05) is 26.3 Å². The van der Waals surface area contributed by atoms with Crippen LogP contribution in [0.3, 0.4) is 0 Å². The van der Waals surface area contributed by atoms with Gasteiger partial charge in [0.15, 0.2) is 5.78 Å². The summed E-state index contributed by atoms with van der Waals surface area (Å²) in [5.41, 5.74) is 2.16. The van der Waals surface area contributed by atoms with Gasteiger partial charge in [0.25, 0.3) is 5.91 Å². The Kier molecular flexibility index (Phi) is 10.1. The summed E-state index contributed by atoms with van der Waals surface area (Å²) in [6.07, 6.45) is 4.83. The van der Waals surface area contributed by atoms with Crippen molar-refractivity contribution in [3.05, 3.63) is 83.4 Å². The van der Waals surface area contributed by atoms with Crippen molar-refractivity contribution < 1.29 is 67.6 Å². The van der Waals surface area contributed by atoms with E-state index >= 15 is 0 Å². The molecule has 1 aromatic heterocycles. The van der Waals surface area contributed by atoms with Crippen molar-refractivity contribution in [2.24, 2.45) is 7.05 Å². The maximum Gasteiger partial charge on any atom is 1.00 e. The summed E-state index contributed by atoms with van der Waals surface area (Å²) in [7, 11) is 1.84. The van der Waals surface area contributed by atoms with Gasteiger partial charge in [0.05, 0.1) is 42.9 Å². The number of amides is 1. The first kappa shape index (κ1) is 34.2. The summed E-state index contributed by atoms with van der Waals surface area (Å²) in [5, 5.41) is 15.5. The van der Waals surface area contributed by atoms with Crippen molar-refractivity contribution in [3.63, 3.8) is 0 Å². The number of hydrogen-bond acceptors (Lipinski definition) is 8. The van der Waals surface area contributed by atoms with Crippen molar-refractivity contribution in [1.29, 1.82) is 0 Å². The van der Waals surface area contributed by atoms with Gasteiger partial charge in [-0.2, -0.15) is 5.10 Å². The number of likely N-dealkylation sites (tertiary alicyclic amines) is 1. The van der Waals surface area contributed by atoms with Crippen molar-refractivity contribution >= 4 is 17.7 Å². The second kappa shape index (κ2) is 13.9. The molecule has 2 aliphatic rings. The molecule has 0 radical (unpaired) electrons. The zero-order valence-corrected chi connectivity index (χ0v) is 28.8. The van der Waals surface area contributed by atoms with Gasteiger partial charge in [-0.25, -0.2) is 4.39 Å². The molecule has 0 N–H and O–H groups in total. The second-order valence-electron chi connectivity index (χ2n) is 11.5. The number of ether oxygens (including phenoxy) is 3. The van der Waals surface area contributed by atoms with Crippen LogP contribution in [0.25, 0.3) is 22.3 Å². The number of nitrogens with zero attached hydrogens (tertiary/aromatic N) is 3. The van der Waals surface area contributed by atoms with Crippen LogP contribution in [0.5, 0.6) is 17.2 Å². The van der Waals surface area contributed by atoms with Gasteiger partial charge in [-0.1, -0.05) is 12.1 Å². The molecule has 0 saturated carbocycles. The molecule has 1 spiro atoms. The molecule has 238 valence electrons. The summed E-state index contributed by atoms with van der Waals surface area (Å²) in [4.78, 5) is 40.1. The topological polar surface area (TPSA) is 123 Å². The van der Waals surface area contributed by atoms with E-state index in [0.717, 1.165) is 23.3 Å². The van der Waals surface area contributed by atoms with E-state index in [1.165, 1.54) is 6.07 Å². The summed E-state index contributed by atoms with van der Waals surface area (Å²) in [6, 6.07) is 12.4. The minimum atomic E-state index is -1.62. The molecule has 1 saturated heterocycles. The Morgan fingerprint density at radius 1 is 0.979 bits per heavy atom. The Bertz CT molecular complexity index is 1820. The normalized spacial score (nSPS) is 15.0. The predicted molar refractivity (Wildman–Crippen MR) is 165 cm³/mol. The number of rotatable bonds is 8. The van der Waals surface area contributed by atoms with Crippen molar-refractivity contribution in [2.45, 2.75) is 38.7 Å². The third-order valence-corrected chi connectivity index (χ3v) is 8.48. The third-order valence-electron chi connectivity index (χ3n) is 8.48. The Labute approximate surface area is 293 Å². The van der Waals surface area contributed by atoms with Crippen LogP contribution in [-0.4, -0.2) is 64.2 Å². The van der Waals surface area contributed by atoms with E-state index < -0.39 is 23.0 Å². The zero-order valence-electron chi connectivity index (χ0n) is 26.8. The first-order valence-corrected chi connectivity index (χ1v) is 15.2. The largest absolute Gasteiger partial charge is 1.00 e. The maximum absolute atomic E-state index is 14.6. The van der Waals surface area contributed by atoms with Crippen LogP contribution in [0, 0.1) is 5.82 Å². The van der Waals surface area contributed by atoms with Crippen LogP contribution >= 0.6 is 0 Å². The molecule has 10 nitrogen and oxygen atoms in total. The fourth-order valence-electron chi connectivity index (χ4n) is 6.20. The number of halogens is 1. The van der Waals surface area contributed by atoms with Crippen molar-refractivity contribution in [3.8, 4) is 39.5 Å². The molecule has 3 heterocycles. The molecule has 2 aliphatic heterocycles. The number of aromatic carboxylic acids is 1. The average molecular weight is 650 g/mol. The number of aromatic nitrogens is 2. The number of carboxylic acid groups (broad SMARTS) is 1. The van der Waals surface area contributed by atoms with Crippen LogP contribution < -0.4 is 48.9 Å². The van der Waals surface area contributed by atoms with Crippen molar-refractivity contribution in [1.82, 2.24) is 14.7 Å². The molecular formula is C35H33FN3NaO7. The van der Waals surface area contributed by atoms with E-state index in [2.05, 4.69) is 5.10 Å². The van der Waals surface area contributed by atoms with E-state index in [1.807, 2.05) is 31.4 Å². The number of hydrogen-bond donors (Lipinski definition) is 0. The fourth-order valence-corrected chi connectivity index (χ4v) is 6.20. The summed E-state index contributed by atoms with van der Waals surface area (Å²) in [6.45, 7) is 4.84. The molecule has 12 heteroatoms. The third kappa shape index (κ3) is 6.79. The number of Topliss-reactive ketones (excluding diaryl/α,β-unsaturated/α-hetero) is 1. The maximum atomic E-state index is 14.6. The minimum Gasteiger partial charge on any atom is -0.545 e. The average Bonchev–Trinajstić information content (AvgIpc) is 3.47. The zero-order chi connectivity index (χ0) is 32.6. The van der Waals surface area contributed by atoms with Gasteiger partial charge >= 0.3 is 29.6 Å². The van der Waals surface area contributed by atoms with E-state index in [9.17, 15) is 23.9 Å². The monoisotopic (exact) mass is 649 g/mol. The summed E-state index contributed by atoms with van der Waals surface area (Å²) >= 11 is 0. The minimum absolute atomic E-state index is 0. The molecular weight excluding hydrogens is 616 g/mol. The van der Waals surface area contributed by atoms with E-state index in [1.54, 1.807) is 41.8 Å². The molecule has 0 unspecified atom stereocenters. The number of carbonyl (C=O) groups is 3. The van der Waals surface area contributed by atoms with Gasteiger partial charge in [-0.3, -0.25) is 14.3 Å². The second-order valence-corrected chi connectivity index (χ2v) is 11.5. The summed E-state index contributed by atoms with van der Waals surface area (Å²) in [5.74, 6) is -1.66. The van der Waals surface area contributed by atoms with Crippen LogP contribution in [-0.2, 0) is 7.05 Å². The Morgan fingerprint density at radius 3 is 2.21 bits per heavy atom. The number of piperidine rings is 1. The van der Waals surface area contributed by atoms with E-state index in [0.29, 0.717) is 65.4 Å². The van der Waals surface area contributed by atoms with Gasteiger partial charge in [0.1, 0.15) is 28.7 Å². The number of carboxylic acids is 1. The predicted octanol–water partition coefficient (Wildman–Crippen LogP) is 1.70. The fraction of sp³-hybridized carbons (Fsp3) is 0.314. The molecule has 1 amide bonds. The van der Waals surface area contributed by atoms with Crippen LogP contribution in [0.1, 0.15) is 64.2 Å². The van der Waals surface area contributed by atoms with Gasteiger partial charge < -0.3 is 29.0 Å². The quantitative estimate of drug-likeness (QED) is 0.265. The number of ketones is 1. The number of aryl methyl sites for hydroxylation is 1. The smallest absolute Gasteiger partial charge is 0.545 e. The number of benzene rings is 3. The standard InChI is InChI=1S/C35H34FN3O7.Na/c1-4-44-30-16-23(17-31(45-5-2)32(30)22-6-8-25(34(42)43)27(36)15-22)33(41)39-12-10-35(11-13-39)18-28(40)26-14-21(7-9-29(26)46-35)24-19-37-38(3)20-24;/h6-9,14-17,19-20H,4-5,10-13,18H2,1-3H3,(H,42,43);/q;+1/p-1. The Hall–Kier alpha value is -4.19. The summed E-state index contributed by atoms with van der Waals surface area (Å²) < 4.78 is 34.6. The number of fused-ring (bicyclic) bond motifs is 1. The molecule has 0 aliphatic carbocycles. The van der Waals surface area contributed by atoms with Gasteiger partial charge in [-0.15, -0.1) is 0 Å². The van der Waals surface area contributed by atoms with Crippen LogP contribution in [0.2, 0.25) is 0 Å². The molecule has 6 rings (SSSR count). The van der Waals surface area contributed by atoms with Gasteiger partial charge in [0, 0.05) is 55.9 Å². The molecule has 0 atom stereocenters. The van der Waals surface area contributed by atoms with Crippen LogP contribution in [0.4, 0.5) is 4.39 Å². The molecule has 0 bridgehead atoms. The SMILES string of the molecule is CCOc1cc(C(=O)N2CCC3(CC2)CC(=O)c2cc(-c4cnn(C)c4)ccc2O3)cc(OCC)c1-c1ccc(C(=O)[O-])c(F)c1.[Na+]. The van der Waals surface area contributed by atoms with Crippen LogP contribution in [0.15, 0.2) is 60.9 Å². The number of carbonyl (C=O) groups excluding carboxylic acids is 3. The molecule has 47 heavy (non-hydrogen) atoms. The van der Waals surface area contributed by atoms with Gasteiger partial charge in [-0.05, 0) is 61.4 Å². The Morgan fingerprint density at radius 2 is 1.64 bits per heavy atom. The van der Waals surface area contributed by atoms with Gasteiger partial charge in [0.2, 0.25) is 0 Å². The molecule has 1 fully saturated rings. The molecule has 3 aromatic carbocycles. The first-order valence-electron chi connectivity index (χ1n) is 15.2. The van der Waals surface area contributed by atoms with E-state index in [4.69, 9.17) is 14.2 Å². The first-order chi connectivity index (χ1) is 22.1. The van der Waals surface area contributed by atoms with E-state index in [-0.39, 0.29) is 60.9 Å². The molecule has 4 aromatic rings. The Balaban J connectivity index is 0.00000433.